The molecule has 1 heterocycles. The van der Waals surface area contributed by atoms with Gasteiger partial charge in [-0.2, -0.15) is 4.98 Å². The summed E-state index contributed by atoms with van der Waals surface area (Å²) in [5, 5.41) is 4.34. The topological polar surface area (TPSA) is 38.9 Å². The summed E-state index contributed by atoms with van der Waals surface area (Å²) in [6, 6.07) is 5.69. The number of aromatic nitrogens is 2. The molecule has 0 aliphatic heterocycles. The molecule has 0 aliphatic carbocycles. The van der Waals surface area contributed by atoms with E-state index in [4.69, 9.17) is 16.1 Å². The second-order valence-electron chi connectivity index (χ2n) is 3.13. The van der Waals surface area contributed by atoms with Crippen molar-refractivity contribution in [3.05, 3.63) is 34.6 Å². The number of halogens is 1. The van der Waals surface area contributed by atoms with Crippen molar-refractivity contribution in [1.29, 1.82) is 0 Å². The fourth-order valence-corrected chi connectivity index (χ4v) is 1.41. The van der Waals surface area contributed by atoms with E-state index in [0.717, 1.165) is 11.1 Å². The molecule has 4 heteroatoms. The van der Waals surface area contributed by atoms with E-state index in [1.165, 1.54) is 0 Å². The van der Waals surface area contributed by atoms with E-state index < -0.39 is 0 Å². The first-order chi connectivity index (χ1) is 6.66. The number of rotatable bonds is 1. The molecule has 0 saturated carbocycles. The summed E-state index contributed by atoms with van der Waals surface area (Å²) < 4.78 is 5.04. The fraction of sp³-hybridized carbons (Fsp3) is 0.200. The van der Waals surface area contributed by atoms with Gasteiger partial charge in [-0.15, -0.1) is 0 Å². The lowest BCUT2D eigenvalue weighted by molar-refractivity contribution is 0.425. The van der Waals surface area contributed by atoms with E-state index in [0.29, 0.717) is 16.7 Å². The first kappa shape index (κ1) is 9.21. The number of nitrogens with zero attached hydrogens (tertiary/aromatic N) is 2. The highest BCUT2D eigenvalue weighted by Gasteiger charge is 2.10. The fourth-order valence-electron chi connectivity index (χ4n) is 1.21. The van der Waals surface area contributed by atoms with Gasteiger partial charge in [-0.3, -0.25) is 0 Å². The van der Waals surface area contributed by atoms with Gasteiger partial charge in [0.15, 0.2) is 5.82 Å². The zero-order valence-electron chi connectivity index (χ0n) is 7.91. The third-order valence-electron chi connectivity index (χ3n) is 1.88. The molecular formula is C10H9ClN2O. The molecule has 0 atom stereocenters. The summed E-state index contributed by atoms with van der Waals surface area (Å²) >= 11 is 6.01. The first-order valence-corrected chi connectivity index (χ1v) is 4.61. The second-order valence-corrected chi connectivity index (χ2v) is 3.54. The first-order valence-electron chi connectivity index (χ1n) is 4.23. The Morgan fingerprint density at radius 1 is 1.29 bits per heavy atom. The molecular weight excluding hydrogens is 200 g/mol. The van der Waals surface area contributed by atoms with Crippen LogP contribution in [0.25, 0.3) is 11.5 Å². The Morgan fingerprint density at radius 3 is 2.71 bits per heavy atom. The molecule has 0 unspecified atom stereocenters. The van der Waals surface area contributed by atoms with Crippen molar-refractivity contribution in [3.63, 3.8) is 0 Å². The third kappa shape index (κ3) is 1.63. The predicted octanol–water partition coefficient (Wildman–Crippen LogP) is 3.01. The average molecular weight is 209 g/mol. The monoisotopic (exact) mass is 208 g/mol. The normalized spacial score (nSPS) is 10.5. The summed E-state index contributed by atoms with van der Waals surface area (Å²) in [5.74, 6) is 1.08. The number of hydrogen-bond acceptors (Lipinski definition) is 3. The molecule has 0 saturated heterocycles. The largest absolute Gasteiger partial charge is 0.334 e. The lowest BCUT2D eigenvalue weighted by Crippen LogP contribution is -1.81. The highest BCUT2D eigenvalue weighted by atomic mass is 35.5. The molecule has 2 aromatic rings. The Bertz CT molecular complexity index is 465. The van der Waals surface area contributed by atoms with Crippen LogP contribution in [0.1, 0.15) is 11.4 Å². The Balaban J connectivity index is 2.55. The van der Waals surface area contributed by atoms with Crippen LogP contribution < -0.4 is 0 Å². The summed E-state index contributed by atoms with van der Waals surface area (Å²) in [6.45, 7) is 3.76. The van der Waals surface area contributed by atoms with Crippen molar-refractivity contribution in [2.24, 2.45) is 0 Å². The lowest BCUT2D eigenvalue weighted by Gasteiger charge is -1.99. The van der Waals surface area contributed by atoms with Crippen LogP contribution >= 0.6 is 11.6 Å². The molecule has 0 radical (unpaired) electrons. The van der Waals surface area contributed by atoms with Crippen molar-refractivity contribution in [1.82, 2.24) is 10.1 Å². The maximum Gasteiger partial charge on any atom is 0.259 e. The number of benzene rings is 1. The van der Waals surface area contributed by atoms with Crippen LogP contribution in [-0.2, 0) is 0 Å². The van der Waals surface area contributed by atoms with E-state index in [1.807, 2.05) is 25.1 Å². The summed E-state index contributed by atoms with van der Waals surface area (Å²) in [5.41, 5.74) is 1.90. The minimum Gasteiger partial charge on any atom is -0.334 e. The maximum atomic E-state index is 6.01. The highest BCUT2D eigenvalue weighted by Crippen LogP contribution is 2.27. The van der Waals surface area contributed by atoms with Gasteiger partial charge >= 0.3 is 0 Å². The molecule has 0 amide bonds. The summed E-state index contributed by atoms with van der Waals surface area (Å²) in [4.78, 5) is 4.12. The van der Waals surface area contributed by atoms with Crippen molar-refractivity contribution in [3.8, 4) is 11.5 Å². The minimum absolute atomic E-state index is 0.469. The molecule has 14 heavy (non-hydrogen) atoms. The van der Waals surface area contributed by atoms with Gasteiger partial charge in [-0.05, 0) is 26.0 Å². The van der Waals surface area contributed by atoms with Crippen LogP contribution in [-0.4, -0.2) is 10.1 Å². The van der Waals surface area contributed by atoms with E-state index in [2.05, 4.69) is 10.1 Å². The van der Waals surface area contributed by atoms with Gasteiger partial charge in [0.1, 0.15) is 0 Å². The Hall–Kier alpha value is -1.35. The molecule has 0 fully saturated rings. The standard InChI is InChI=1S/C10H9ClN2O/c1-6-3-4-9(11)8(5-6)10-12-7(2)13-14-10/h3-5H,1-2H3. The maximum absolute atomic E-state index is 6.01. The molecule has 2 rings (SSSR count). The minimum atomic E-state index is 0.469. The lowest BCUT2D eigenvalue weighted by atomic mass is 10.1. The molecule has 1 aromatic heterocycles. The van der Waals surface area contributed by atoms with E-state index in [-0.39, 0.29) is 0 Å². The predicted molar refractivity (Wildman–Crippen MR) is 54.2 cm³/mol. The van der Waals surface area contributed by atoms with Crippen molar-refractivity contribution in [2.45, 2.75) is 13.8 Å². The summed E-state index contributed by atoms with van der Waals surface area (Å²) in [7, 11) is 0. The van der Waals surface area contributed by atoms with E-state index in [9.17, 15) is 0 Å². The zero-order chi connectivity index (χ0) is 10.1. The molecule has 0 spiro atoms. The molecule has 1 aromatic carbocycles. The summed E-state index contributed by atoms with van der Waals surface area (Å²) in [6.07, 6.45) is 0. The van der Waals surface area contributed by atoms with Crippen LogP contribution in [0.3, 0.4) is 0 Å². The van der Waals surface area contributed by atoms with Crippen LogP contribution in [0.15, 0.2) is 22.7 Å². The average Bonchev–Trinajstić information content (AvgIpc) is 2.56. The Morgan fingerprint density at radius 2 is 2.07 bits per heavy atom. The van der Waals surface area contributed by atoms with Crippen molar-refractivity contribution < 1.29 is 4.52 Å². The molecule has 0 N–H and O–H groups in total. The van der Waals surface area contributed by atoms with Gasteiger partial charge in [0.2, 0.25) is 0 Å². The molecule has 0 bridgehead atoms. The van der Waals surface area contributed by atoms with Crippen molar-refractivity contribution in [2.75, 3.05) is 0 Å². The van der Waals surface area contributed by atoms with Crippen LogP contribution in [0.2, 0.25) is 5.02 Å². The molecule has 72 valence electrons. The SMILES string of the molecule is Cc1ccc(Cl)c(-c2nc(C)no2)c1. The number of hydrogen-bond donors (Lipinski definition) is 0. The van der Waals surface area contributed by atoms with Crippen molar-refractivity contribution >= 4 is 11.6 Å². The second kappa shape index (κ2) is 3.42. The van der Waals surface area contributed by atoms with Gasteiger partial charge in [0.05, 0.1) is 10.6 Å². The highest BCUT2D eigenvalue weighted by molar-refractivity contribution is 6.33. The molecule has 3 nitrogen and oxygen atoms in total. The quantitative estimate of drug-likeness (QED) is 0.723. The van der Waals surface area contributed by atoms with Crippen LogP contribution in [0.4, 0.5) is 0 Å². The van der Waals surface area contributed by atoms with Crippen LogP contribution in [0.5, 0.6) is 0 Å². The number of aryl methyl sites for hydroxylation is 2. The van der Waals surface area contributed by atoms with E-state index in [1.54, 1.807) is 6.92 Å². The third-order valence-corrected chi connectivity index (χ3v) is 2.21. The molecule has 0 aliphatic rings. The zero-order valence-corrected chi connectivity index (χ0v) is 8.67. The van der Waals surface area contributed by atoms with Gasteiger partial charge < -0.3 is 4.52 Å². The van der Waals surface area contributed by atoms with E-state index >= 15 is 0 Å². The van der Waals surface area contributed by atoms with Gasteiger partial charge in [-0.25, -0.2) is 0 Å². The van der Waals surface area contributed by atoms with Crippen LogP contribution in [0, 0.1) is 13.8 Å². The Labute approximate surface area is 86.7 Å². The van der Waals surface area contributed by atoms with Gasteiger partial charge in [0.25, 0.3) is 5.89 Å². The smallest absolute Gasteiger partial charge is 0.259 e. The van der Waals surface area contributed by atoms with Gasteiger partial charge in [-0.1, -0.05) is 28.4 Å². The van der Waals surface area contributed by atoms with Gasteiger partial charge in [0, 0.05) is 0 Å². The Kier molecular flexibility index (Phi) is 2.25.